The number of sulfone groups is 1. The predicted octanol–water partition coefficient (Wildman–Crippen LogP) is 1.24. The fraction of sp³-hybridized carbons (Fsp3) is 0.278. The minimum Gasteiger partial charge on any atom is -0.498 e. The molecule has 0 aliphatic carbocycles. The van der Waals surface area contributed by atoms with Gasteiger partial charge in [0.25, 0.3) is 5.16 Å². The summed E-state index contributed by atoms with van der Waals surface area (Å²) in [5.41, 5.74) is 7.74. The molecule has 0 saturated carbocycles. The van der Waals surface area contributed by atoms with Crippen LogP contribution in [0.3, 0.4) is 0 Å². The normalized spacial score (nSPS) is 14.2. The topological polar surface area (TPSA) is 125 Å². The van der Waals surface area contributed by atoms with Crippen LogP contribution in [0, 0.1) is 0 Å². The van der Waals surface area contributed by atoms with Crippen molar-refractivity contribution in [3.63, 3.8) is 0 Å². The Morgan fingerprint density at radius 2 is 2.14 bits per heavy atom. The zero-order chi connectivity index (χ0) is 20.6. The zero-order valence-electron chi connectivity index (χ0n) is 15.9. The fourth-order valence-electron chi connectivity index (χ4n) is 3.06. The first-order valence-electron chi connectivity index (χ1n) is 8.78. The van der Waals surface area contributed by atoms with Crippen molar-refractivity contribution in [1.82, 2.24) is 19.5 Å². The molecule has 2 N–H and O–H groups in total. The van der Waals surface area contributed by atoms with Gasteiger partial charge in [-0.05, 0) is 17.7 Å². The van der Waals surface area contributed by atoms with E-state index in [-0.39, 0.29) is 10.9 Å². The van der Waals surface area contributed by atoms with E-state index in [9.17, 15) is 8.42 Å². The maximum Gasteiger partial charge on any atom is 0.251 e. The molecular formula is C18H20N6O4S. The first-order valence-corrected chi connectivity index (χ1v) is 10.4. The monoisotopic (exact) mass is 416 g/mol. The van der Waals surface area contributed by atoms with Crippen molar-refractivity contribution in [3.8, 4) is 5.75 Å². The summed E-state index contributed by atoms with van der Waals surface area (Å²) < 4.78 is 38.2. The van der Waals surface area contributed by atoms with Crippen LogP contribution in [0.15, 0.2) is 42.1 Å². The molecule has 0 saturated heterocycles. The molecule has 10 nitrogen and oxygen atoms in total. The fourth-order valence-corrected chi connectivity index (χ4v) is 4.25. The lowest BCUT2D eigenvalue weighted by atomic mass is 10.2. The van der Waals surface area contributed by atoms with Gasteiger partial charge in [-0.25, -0.2) is 13.4 Å². The van der Waals surface area contributed by atoms with Crippen LogP contribution in [0.25, 0.3) is 11.2 Å². The van der Waals surface area contributed by atoms with Gasteiger partial charge in [0.05, 0.1) is 37.7 Å². The van der Waals surface area contributed by atoms with Crippen molar-refractivity contribution in [2.75, 3.05) is 30.9 Å². The molecule has 0 radical (unpaired) electrons. The number of ether oxygens (including phenoxy) is 2. The molecule has 1 aromatic carbocycles. The van der Waals surface area contributed by atoms with Gasteiger partial charge in [0.1, 0.15) is 12.4 Å². The van der Waals surface area contributed by atoms with E-state index in [4.69, 9.17) is 15.2 Å². The summed E-state index contributed by atoms with van der Waals surface area (Å²) in [4.78, 5) is 14.8. The average Bonchev–Trinajstić information content (AvgIpc) is 3.09. The molecule has 3 heterocycles. The molecule has 2 aromatic heterocycles. The van der Waals surface area contributed by atoms with Gasteiger partial charge in [-0.2, -0.15) is 9.97 Å². The number of imidazole rings is 1. The lowest BCUT2D eigenvalue weighted by Gasteiger charge is -2.22. The second-order valence-electron chi connectivity index (χ2n) is 6.54. The lowest BCUT2D eigenvalue weighted by Crippen LogP contribution is -2.26. The summed E-state index contributed by atoms with van der Waals surface area (Å²) in [6, 6.07) is 4.86. The highest BCUT2D eigenvalue weighted by molar-refractivity contribution is 7.90. The third-order valence-electron chi connectivity index (χ3n) is 4.51. The summed E-state index contributed by atoms with van der Waals surface area (Å²) >= 11 is 0. The number of rotatable bonds is 5. The molecule has 152 valence electrons. The molecule has 1 aliphatic rings. The number of nitrogen functional groups attached to an aromatic ring is 1. The first-order chi connectivity index (χ1) is 13.9. The number of hydrogen-bond acceptors (Lipinski definition) is 9. The Hall–Kier alpha value is -3.34. The van der Waals surface area contributed by atoms with Crippen molar-refractivity contribution < 1.29 is 17.9 Å². The van der Waals surface area contributed by atoms with E-state index in [0.717, 1.165) is 0 Å². The maximum absolute atomic E-state index is 13.1. The van der Waals surface area contributed by atoms with Crippen LogP contribution in [0.5, 0.6) is 5.75 Å². The quantitative estimate of drug-likeness (QED) is 0.483. The number of benzene rings is 1. The second kappa shape index (κ2) is 7.24. The molecule has 1 aliphatic heterocycles. The maximum atomic E-state index is 13.1. The van der Waals surface area contributed by atoms with E-state index in [1.807, 2.05) is 0 Å². The molecule has 29 heavy (non-hydrogen) atoms. The minimum absolute atomic E-state index is 0.266. The Balaban J connectivity index is 1.78. The lowest BCUT2D eigenvalue weighted by molar-refractivity contribution is 0.245. The summed E-state index contributed by atoms with van der Waals surface area (Å²) in [6.07, 6.45) is 4.81. The van der Waals surface area contributed by atoms with Gasteiger partial charge in [0.15, 0.2) is 17.0 Å². The average molecular weight is 416 g/mol. The summed E-state index contributed by atoms with van der Waals surface area (Å²) in [7, 11) is -0.586. The van der Waals surface area contributed by atoms with E-state index in [1.165, 1.54) is 13.4 Å². The zero-order valence-corrected chi connectivity index (χ0v) is 16.8. The number of methoxy groups -OCH3 is 1. The Bertz CT molecular complexity index is 1200. The van der Waals surface area contributed by atoms with Crippen LogP contribution in [0.1, 0.15) is 5.56 Å². The number of aromatic nitrogens is 4. The molecule has 0 spiro atoms. The van der Waals surface area contributed by atoms with Crippen molar-refractivity contribution in [1.29, 1.82) is 0 Å². The van der Waals surface area contributed by atoms with Crippen molar-refractivity contribution >= 4 is 32.5 Å². The largest absolute Gasteiger partial charge is 0.498 e. The highest BCUT2D eigenvalue weighted by Gasteiger charge is 2.25. The van der Waals surface area contributed by atoms with Crippen molar-refractivity contribution in [2.24, 2.45) is 7.05 Å². The Kier molecular flexibility index (Phi) is 4.74. The summed E-state index contributed by atoms with van der Waals surface area (Å²) in [5.74, 6) is 0.617. The van der Waals surface area contributed by atoms with Crippen LogP contribution < -0.4 is 15.4 Å². The van der Waals surface area contributed by atoms with Gasteiger partial charge >= 0.3 is 0 Å². The molecule has 0 bridgehead atoms. The molecule has 3 aromatic rings. The highest BCUT2D eigenvalue weighted by Crippen LogP contribution is 2.27. The van der Waals surface area contributed by atoms with Crippen LogP contribution in [0.4, 0.5) is 11.5 Å². The van der Waals surface area contributed by atoms with Crippen molar-refractivity contribution in [2.45, 2.75) is 10.9 Å². The van der Waals surface area contributed by atoms with E-state index in [1.54, 1.807) is 47.2 Å². The van der Waals surface area contributed by atoms with Gasteiger partial charge < -0.3 is 24.7 Å². The number of nitrogens with two attached hydrogens (primary N) is 1. The van der Waals surface area contributed by atoms with Gasteiger partial charge in [-0.1, -0.05) is 6.07 Å². The van der Waals surface area contributed by atoms with Gasteiger partial charge in [0, 0.05) is 13.2 Å². The number of anilines is 2. The van der Waals surface area contributed by atoms with E-state index in [0.29, 0.717) is 47.1 Å². The van der Waals surface area contributed by atoms with Gasteiger partial charge in [0.2, 0.25) is 9.84 Å². The Labute approximate surface area is 167 Å². The molecule has 11 heteroatoms. The molecule has 0 unspecified atom stereocenters. The Morgan fingerprint density at radius 1 is 1.31 bits per heavy atom. The molecular weight excluding hydrogens is 396 g/mol. The number of fused-ring (bicyclic) bond motifs is 1. The minimum atomic E-state index is -3.84. The molecule has 4 rings (SSSR count). The van der Waals surface area contributed by atoms with Crippen LogP contribution in [-0.4, -0.2) is 48.2 Å². The van der Waals surface area contributed by atoms with Crippen LogP contribution in [0.2, 0.25) is 0 Å². The first kappa shape index (κ1) is 19.0. The molecule has 0 fully saturated rings. The van der Waals surface area contributed by atoms with Gasteiger partial charge in [-0.15, -0.1) is 0 Å². The third-order valence-corrected chi connectivity index (χ3v) is 5.96. The van der Waals surface area contributed by atoms with Gasteiger partial charge in [-0.3, -0.25) is 0 Å². The Morgan fingerprint density at radius 3 is 2.83 bits per heavy atom. The number of aryl methyl sites for hydroxylation is 1. The summed E-state index contributed by atoms with van der Waals surface area (Å²) in [6.45, 7) is 0.982. The van der Waals surface area contributed by atoms with Crippen molar-refractivity contribution in [3.05, 3.63) is 42.6 Å². The van der Waals surface area contributed by atoms with E-state index >= 15 is 0 Å². The SMILES string of the molecule is COc1ccc(CS(=O)(=O)c2nc(N3C=COCC3)c3ncn(C)c3n2)cc1N. The smallest absolute Gasteiger partial charge is 0.251 e. The summed E-state index contributed by atoms with van der Waals surface area (Å²) in [5, 5.41) is -0.266. The van der Waals surface area contributed by atoms with E-state index < -0.39 is 9.84 Å². The second-order valence-corrected chi connectivity index (χ2v) is 8.43. The third kappa shape index (κ3) is 3.56. The van der Waals surface area contributed by atoms with Crippen LogP contribution >= 0.6 is 0 Å². The predicted molar refractivity (Wildman–Crippen MR) is 107 cm³/mol. The standard InChI is InChI=1S/C18H20N6O4S/c1-23-11-20-15-16(23)21-18(22-17(15)24-5-7-28-8-6-24)29(25,26)10-12-3-4-14(27-2)13(19)9-12/h3-5,7,9,11H,6,8,10,19H2,1-2H3. The number of nitrogens with zero attached hydrogens (tertiary/aromatic N) is 5. The van der Waals surface area contributed by atoms with E-state index in [2.05, 4.69) is 15.0 Å². The molecule has 0 amide bonds. The molecule has 0 atom stereocenters. The van der Waals surface area contributed by atoms with Crippen LogP contribution in [-0.2, 0) is 27.4 Å². The number of hydrogen-bond donors (Lipinski definition) is 1. The highest BCUT2D eigenvalue weighted by atomic mass is 32.2.